The van der Waals surface area contributed by atoms with Crippen LogP contribution in [0.2, 0.25) is 0 Å². The van der Waals surface area contributed by atoms with Gasteiger partial charge in [-0.15, -0.1) is 0 Å². The van der Waals surface area contributed by atoms with Gasteiger partial charge < -0.3 is 10.4 Å². The summed E-state index contributed by atoms with van der Waals surface area (Å²) in [6.07, 6.45) is 1.46. The number of carbonyl (C=O) groups is 2. The first kappa shape index (κ1) is 13.7. The van der Waals surface area contributed by atoms with Crippen LogP contribution >= 0.6 is 0 Å². The van der Waals surface area contributed by atoms with Gasteiger partial charge in [-0.25, -0.2) is 4.98 Å². The minimum atomic E-state index is -0.909. The number of amides is 1. The van der Waals surface area contributed by atoms with Gasteiger partial charge >= 0.3 is 5.97 Å². The van der Waals surface area contributed by atoms with Gasteiger partial charge in [0.2, 0.25) is 0 Å². The van der Waals surface area contributed by atoms with Crippen molar-refractivity contribution in [1.29, 1.82) is 0 Å². The molecule has 0 aliphatic carbocycles. The van der Waals surface area contributed by atoms with E-state index in [1.807, 2.05) is 6.07 Å². The molecule has 1 amide bonds. The Hall–Kier alpha value is -2.69. The van der Waals surface area contributed by atoms with E-state index in [0.717, 1.165) is 0 Å². The van der Waals surface area contributed by atoms with Gasteiger partial charge in [0.1, 0.15) is 5.82 Å². The second kappa shape index (κ2) is 5.97. The van der Waals surface area contributed by atoms with Crippen LogP contribution in [0.3, 0.4) is 0 Å². The summed E-state index contributed by atoms with van der Waals surface area (Å²) in [6, 6.07) is 12.0. The van der Waals surface area contributed by atoms with Gasteiger partial charge in [0.05, 0.1) is 5.92 Å². The number of hydrogen-bond acceptors (Lipinski definition) is 3. The summed E-state index contributed by atoms with van der Waals surface area (Å²) in [5.41, 5.74) is 1.13. The fraction of sp³-hybridized carbons (Fsp3) is 0.133. The highest BCUT2D eigenvalue weighted by Gasteiger charge is 2.14. The molecule has 1 aromatic heterocycles. The van der Waals surface area contributed by atoms with E-state index in [0.29, 0.717) is 16.9 Å². The Balaban J connectivity index is 2.08. The molecule has 0 fully saturated rings. The molecule has 0 aliphatic heterocycles. The van der Waals surface area contributed by atoms with E-state index in [1.54, 1.807) is 43.3 Å². The summed E-state index contributed by atoms with van der Waals surface area (Å²) in [5.74, 6) is -1.40. The molecule has 1 aromatic carbocycles. The van der Waals surface area contributed by atoms with Gasteiger partial charge in [-0.3, -0.25) is 9.59 Å². The van der Waals surface area contributed by atoms with Crippen LogP contribution in [-0.4, -0.2) is 22.0 Å². The fourth-order valence-electron chi connectivity index (χ4n) is 1.66. The molecule has 2 N–H and O–H groups in total. The van der Waals surface area contributed by atoms with Crippen molar-refractivity contribution in [3.63, 3.8) is 0 Å². The van der Waals surface area contributed by atoms with Crippen LogP contribution in [0, 0.1) is 0 Å². The first-order valence-electron chi connectivity index (χ1n) is 6.13. The highest BCUT2D eigenvalue weighted by molar-refractivity contribution is 6.03. The van der Waals surface area contributed by atoms with Crippen LogP contribution in [0.4, 0.5) is 5.82 Å². The summed E-state index contributed by atoms with van der Waals surface area (Å²) in [4.78, 5) is 26.8. The third-order valence-corrected chi connectivity index (χ3v) is 2.93. The molecule has 1 atom stereocenters. The highest BCUT2D eigenvalue weighted by Crippen LogP contribution is 2.16. The summed E-state index contributed by atoms with van der Waals surface area (Å²) >= 11 is 0. The van der Waals surface area contributed by atoms with E-state index < -0.39 is 11.9 Å². The van der Waals surface area contributed by atoms with Crippen LogP contribution in [0.5, 0.6) is 0 Å². The van der Waals surface area contributed by atoms with Crippen molar-refractivity contribution in [3.8, 4) is 0 Å². The Morgan fingerprint density at radius 1 is 1.15 bits per heavy atom. The predicted octanol–water partition coefficient (Wildman–Crippen LogP) is 2.52. The van der Waals surface area contributed by atoms with Crippen molar-refractivity contribution in [2.75, 3.05) is 5.32 Å². The molecule has 1 heterocycles. The number of benzene rings is 1. The van der Waals surface area contributed by atoms with Gasteiger partial charge in [-0.05, 0) is 30.7 Å². The van der Waals surface area contributed by atoms with Crippen LogP contribution < -0.4 is 5.32 Å². The van der Waals surface area contributed by atoms with Crippen molar-refractivity contribution in [2.24, 2.45) is 0 Å². The number of nitrogens with zero attached hydrogens (tertiary/aromatic N) is 1. The molecule has 5 nitrogen and oxygen atoms in total. The van der Waals surface area contributed by atoms with Crippen LogP contribution in [-0.2, 0) is 4.79 Å². The van der Waals surface area contributed by atoms with Gasteiger partial charge in [0.15, 0.2) is 0 Å². The first-order valence-corrected chi connectivity index (χ1v) is 6.13. The molecule has 0 unspecified atom stereocenters. The lowest BCUT2D eigenvalue weighted by Crippen LogP contribution is -2.13. The smallest absolute Gasteiger partial charge is 0.310 e. The Labute approximate surface area is 116 Å². The standard InChI is InChI=1S/C15H14N2O3/c1-10(15(19)20)12-7-8-13(16-9-12)17-14(18)11-5-3-2-4-6-11/h2-10H,1H3,(H,19,20)(H,16,17,18)/t10-/m0/s1. The maximum Gasteiger partial charge on any atom is 0.310 e. The number of carbonyl (C=O) groups excluding carboxylic acids is 1. The third-order valence-electron chi connectivity index (χ3n) is 2.93. The quantitative estimate of drug-likeness (QED) is 0.894. The van der Waals surface area contributed by atoms with E-state index in [9.17, 15) is 9.59 Å². The molecule has 0 radical (unpaired) electrons. The fourth-order valence-corrected chi connectivity index (χ4v) is 1.66. The predicted molar refractivity (Wildman–Crippen MR) is 74.7 cm³/mol. The maximum atomic E-state index is 11.9. The monoisotopic (exact) mass is 270 g/mol. The molecule has 102 valence electrons. The van der Waals surface area contributed by atoms with E-state index in [4.69, 9.17) is 5.11 Å². The molecule has 0 saturated carbocycles. The molecular formula is C15H14N2O3. The zero-order chi connectivity index (χ0) is 14.5. The normalized spacial score (nSPS) is 11.7. The Kier molecular flexibility index (Phi) is 4.10. The van der Waals surface area contributed by atoms with Gasteiger partial charge in [-0.1, -0.05) is 24.3 Å². The molecule has 5 heteroatoms. The lowest BCUT2D eigenvalue weighted by atomic mass is 10.0. The number of nitrogens with one attached hydrogen (secondary N) is 1. The van der Waals surface area contributed by atoms with Crippen molar-refractivity contribution in [1.82, 2.24) is 4.98 Å². The number of aliphatic carboxylic acids is 1. The molecule has 0 aliphatic rings. The third kappa shape index (κ3) is 3.20. The lowest BCUT2D eigenvalue weighted by molar-refractivity contribution is -0.138. The average molecular weight is 270 g/mol. The number of rotatable bonds is 4. The number of carboxylic acids is 1. The van der Waals surface area contributed by atoms with Crippen LogP contribution in [0.15, 0.2) is 48.7 Å². The largest absolute Gasteiger partial charge is 0.481 e. The minimum Gasteiger partial charge on any atom is -0.481 e. The molecule has 2 aromatic rings. The summed E-state index contributed by atoms with van der Waals surface area (Å²) in [6.45, 7) is 1.58. The Morgan fingerprint density at radius 3 is 2.40 bits per heavy atom. The SMILES string of the molecule is C[C@H](C(=O)O)c1ccc(NC(=O)c2ccccc2)nc1. The maximum absolute atomic E-state index is 11.9. The Morgan fingerprint density at radius 2 is 1.85 bits per heavy atom. The molecule has 0 saturated heterocycles. The Bertz CT molecular complexity index is 609. The van der Waals surface area contributed by atoms with Gasteiger partial charge in [0.25, 0.3) is 5.91 Å². The molecule has 0 spiro atoms. The molecule has 0 bridgehead atoms. The van der Waals surface area contributed by atoms with Crippen LogP contribution in [0.1, 0.15) is 28.8 Å². The topological polar surface area (TPSA) is 79.3 Å². The highest BCUT2D eigenvalue weighted by atomic mass is 16.4. The van der Waals surface area contributed by atoms with Gasteiger partial charge in [0, 0.05) is 11.8 Å². The second-order valence-electron chi connectivity index (χ2n) is 4.36. The van der Waals surface area contributed by atoms with Crippen molar-refractivity contribution in [2.45, 2.75) is 12.8 Å². The summed E-state index contributed by atoms with van der Waals surface area (Å²) in [7, 11) is 0. The lowest BCUT2D eigenvalue weighted by Gasteiger charge is -2.08. The first-order chi connectivity index (χ1) is 9.58. The van der Waals surface area contributed by atoms with E-state index in [2.05, 4.69) is 10.3 Å². The van der Waals surface area contributed by atoms with E-state index >= 15 is 0 Å². The number of aromatic nitrogens is 1. The summed E-state index contributed by atoms with van der Waals surface area (Å²) < 4.78 is 0. The van der Waals surface area contributed by atoms with Crippen molar-refractivity contribution < 1.29 is 14.7 Å². The average Bonchev–Trinajstić information content (AvgIpc) is 2.48. The minimum absolute atomic E-state index is 0.253. The number of carboxylic acid groups (broad SMARTS) is 1. The summed E-state index contributed by atoms with van der Waals surface area (Å²) in [5, 5.41) is 11.6. The number of anilines is 1. The van der Waals surface area contributed by atoms with Crippen LogP contribution in [0.25, 0.3) is 0 Å². The zero-order valence-corrected chi connectivity index (χ0v) is 10.9. The number of hydrogen-bond donors (Lipinski definition) is 2. The van der Waals surface area contributed by atoms with E-state index in [-0.39, 0.29) is 5.91 Å². The zero-order valence-electron chi connectivity index (χ0n) is 10.9. The molecule has 2 rings (SSSR count). The van der Waals surface area contributed by atoms with Crippen molar-refractivity contribution in [3.05, 3.63) is 59.8 Å². The second-order valence-corrected chi connectivity index (χ2v) is 4.36. The molecule has 20 heavy (non-hydrogen) atoms. The van der Waals surface area contributed by atoms with E-state index in [1.165, 1.54) is 6.20 Å². The number of pyridine rings is 1. The van der Waals surface area contributed by atoms with Gasteiger partial charge in [-0.2, -0.15) is 0 Å². The molecular weight excluding hydrogens is 256 g/mol. The van der Waals surface area contributed by atoms with Crippen molar-refractivity contribution >= 4 is 17.7 Å².